The van der Waals surface area contributed by atoms with Gasteiger partial charge in [-0.15, -0.1) is 0 Å². The zero-order valence-electron chi connectivity index (χ0n) is 18.8. The fourth-order valence-electron chi connectivity index (χ4n) is 4.31. The van der Waals surface area contributed by atoms with Crippen molar-refractivity contribution in [2.24, 2.45) is 0 Å². The number of thiocarbonyl (C=S) groups is 1. The van der Waals surface area contributed by atoms with E-state index in [1.54, 1.807) is 29.3 Å². The summed E-state index contributed by atoms with van der Waals surface area (Å²) < 4.78 is 13.1. The smallest absolute Gasteiger partial charge is 0.267 e. The lowest BCUT2D eigenvalue weighted by Gasteiger charge is -2.26. The highest BCUT2D eigenvalue weighted by Crippen LogP contribution is 2.34. The van der Waals surface area contributed by atoms with Crippen molar-refractivity contribution in [2.45, 2.75) is 18.9 Å². The Morgan fingerprint density at radius 2 is 2.09 bits per heavy atom. The van der Waals surface area contributed by atoms with Crippen molar-refractivity contribution in [3.05, 3.63) is 45.2 Å². The zero-order chi connectivity index (χ0) is 23.5. The Hall–Kier alpha value is -2.31. The van der Waals surface area contributed by atoms with Crippen LogP contribution in [0.25, 0.3) is 11.7 Å². The predicted octanol–water partition coefficient (Wildman–Crippen LogP) is 1.82. The van der Waals surface area contributed by atoms with Crippen LogP contribution in [0.15, 0.2) is 34.1 Å². The molecule has 2 aromatic heterocycles. The van der Waals surface area contributed by atoms with Gasteiger partial charge in [0.15, 0.2) is 0 Å². The number of nitrogens with one attached hydrogen (secondary N) is 1. The molecule has 0 aromatic carbocycles. The molecule has 1 amide bonds. The largest absolute Gasteiger partial charge is 0.379 e. The van der Waals surface area contributed by atoms with Crippen LogP contribution in [0.1, 0.15) is 18.4 Å². The molecule has 1 atom stereocenters. The van der Waals surface area contributed by atoms with Crippen LogP contribution >= 0.6 is 24.0 Å². The fraction of sp³-hybridized carbons (Fsp3) is 0.478. The summed E-state index contributed by atoms with van der Waals surface area (Å²) in [6, 6.07) is 5.42. The zero-order valence-corrected chi connectivity index (χ0v) is 20.4. The monoisotopic (exact) mass is 501 g/mol. The lowest BCUT2D eigenvalue weighted by molar-refractivity contribution is -0.123. The Labute approximate surface area is 207 Å². The van der Waals surface area contributed by atoms with E-state index in [0.29, 0.717) is 46.0 Å². The summed E-state index contributed by atoms with van der Waals surface area (Å²) in [7, 11) is 0. The Bertz CT molecular complexity index is 1170. The molecular formula is C23H27N5O4S2. The third kappa shape index (κ3) is 5.03. The van der Waals surface area contributed by atoms with Gasteiger partial charge in [0.25, 0.3) is 11.5 Å². The average Bonchev–Trinajstić information content (AvgIpc) is 3.46. The van der Waals surface area contributed by atoms with Gasteiger partial charge in [0, 0.05) is 39.0 Å². The molecule has 9 nitrogen and oxygen atoms in total. The van der Waals surface area contributed by atoms with E-state index < -0.39 is 0 Å². The number of hydrogen-bond acceptors (Lipinski definition) is 9. The number of carbonyl (C=O) groups excluding carboxylic acids is 1. The van der Waals surface area contributed by atoms with Crippen LogP contribution in [0.3, 0.4) is 0 Å². The van der Waals surface area contributed by atoms with Crippen LogP contribution in [0, 0.1) is 0 Å². The number of aromatic nitrogens is 2. The first-order valence-corrected chi connectivity index (χ1v) is 12.7. The van der Waals surface area contributed by atoms with E-state index in [1.165, 1.54) is 16.2 Å². The topological polar surface area (TPSA) is 88.4 Å². The summed E-state index contributed by atoms with van der Waals surface area (Å²) in [5, 5.41) is 3.32. The lowest BCUT2D eigenvalue weighted by atomic mass is 10.2. The van der Waals surface area contributed by atoms with Gasteiger partial charge in [-0.1, -0.05) is 30.0 Å². The van der Waals surface area contributed by atoms with Gasteiger partial charge in [-0.05, 0) is 31.1 Å². The number of nitrogens with zero attached hydrogens (tertiary/aromatic N) is 4. The molecule has 34 heavy (non-hydrogen) atoms. The van der Waals surface area contributed by atoms with E-state index in [-0.39, 0.29) is 17.6 Å². The highest BCUT2D eigenvalue weighted by atomic mass is 32.2. The molecule has 180 valence electrons. The molecule has 0 bridgehead atoms. The van der Waals surface area contributed by atoms with Gasteiger partial charge in [-0.3, -0.25) is 23.8 Å². The Balaban J connectivity index is 1.41. The van der Waals surface area contributed by atoms with Crippen molar-refractivity contribution in [2.75, 3.05) is 57.9 Å². The summed E-state index contributed by atoms with van der Waals surface area (Å²) in [4.78, 5) is 35.5. The van der Waals surface area contributed by atoms with Gasteiger partial charge in [-0.2, -0.15) is 0 Å². The number of hydrogen-bond donors (Lipinski definition) is 1. The van der Waals surface area contributed by atoms with Crippen LogP contribution in [-0.2, 0) is 14.3 Å². The number of anilines is 1. The summed E-state index contributed by atoms with van der Waals surface area (Å²) in [5.74, 6) is 0.274. The molecule has 2 aromatic rings. The maximum absolute atomic E-state index is 13.4. The van der Waals surface area contributed by atoms with Crippen LogP contribution in [-0.4, -0.2) is 88.1 Å². The van der Waals surface area contributed by atoms with Crippen molar-refractivity contribution >= 4 is 51.7 Å². The third-order valence-corrected chi connectivity index (χ3v) is 7.53. The van der Waals surface area contributed by atoms with Crippen molar-refractivity contribution < 1.29 is 14.3 Å². The second-order valence-corrected chi connectivity index (χ2v) is 10.1. The molecule has 3 saturated heterocycles. The molecule has 11 heteroatoms. The van der Waals surface area contributed by atoms with Crippen LogP contribution in [0.2, 0.25) is 0 Å². The van der Waals surface area contributed by atoms with E-state index in [9.17, 15) is 9.59 Å². The van der Waals surface area contributed by atoms with Gasteiger partial charge < -0.3 is 14.8 Å². The predicted molar refractivity (Wildman–Crippen MR) is 136 cm³/mol. The number of ether oxygens (including phenoxy) is 2. The number of amides is 1. The van der Waals surface area contributed by atoms with Gasteiger partial charge in [0.05, 0.1) is 36.3 Å². The van der Waals surface area contributed by atoms with Crippen molar-refractivity contribution in [1.82, 2.24) is 19.2 Å². The molecule has 1 N–H and O–H groups in total. The SMILES string of the molecule is O=C1/C(=C/c2c(NCCN3CCOCC3)nc3ccccn3c2=O)SC(=S)N1CC1CCCO1. The number of thioether (sulfide) groups is 1. The summed E-state index contributed by atoms with van der Waals surface area (Å²) in [5.41, 5.74) is 0.664. The quantitative estimate of drug-likeness (QED) is 0.451. The average molecular weight is 502 g/mol. The van der Waals surface area contributed by atoms with Gasteiger partial charge in [0.1, 0.15) is 15.8 Å². The van der Waals surface area contributed by atoms with E-state index in [0.717, 1.165) is 45.7 Å². The first-order valence-electron chi connectivity index (χ1n) is 11.5. The first-order chi connectivity index (χ1) is 16.6. The molecule has 1 unspecified atom stereocenters. The number of fused-ring (bicyclic) bond motifs is 1. The normalized spacial score (nSPS) is 22.9. The minimum Gasteiger partial charge on any atom is -0.379 e. The highest BCUT2D eigenvalue weighted by Gasteiger charge is 2.35. The first kappa shape index (κ1) is 23.4. The summed E-state index contributed by atoms with van der Waals surface area (Å²) in [6.07, 6.45) is 5.23. The standard InChI is InChI=1S/C23H27N5O4S2/c29-21-17(14-18-22(30)28(23(33)34-18)15-16-4-3-11-32-16)20(25-19-5-1-2-7-27(19)21)24-6-8-26-9-12-31-13-10-26/h1-2,5,7,14,16,24H,3-4,6,8-13,15H2/b18-14-. The van der Waals surface area contributed by atoms with Crippen molar-refractivity contribution in [1.29, 1.82) is 0 Å². The van der Waals surface area contributed by atoms with Gasteiger partial charge in [-0.25, -0.2) is 4.98 Å². The molecule has 3 fully saturated rings. The van der Waals surface area contributed by atoms with E-state index in [1.807, 2.05) is 6.07 Å². The van der Waals surface area contributed by atoms with Crippen molar-refractivity contribution in [3.63, 3.8) is 0 Å². The number of rotatable bonds is 7. The molecule has 0 aliphatic carbocycles. The maximum atomic E-state index is 13.4. The number of carbonyl (C=O) groups is 1. The van der Waals surface area contributed by atoms with E-state index in [4.69, 9.17) is 21.7 Å². The molecule has 0 radical (unpaired) electrons. The lowest BCUT2D eigenvalue weighted by Crippen LogP contribution is -2.39. The van der Waals surface area contributed by atoms with E-state index >= 15 is 0 Å². The molecular weight excluding hydrogens is 474 g/mol. The highest BCUT2D eigenvalue weighted by molar-refractivity contribution is 8.26. The molecule has 0 spiro atoms. The van der Waals surface area contributed by atoms with Crippen LogP contribution in [0.5, 0.6) is 0 Å². The fourth-order valence-corrected chi connectivity index (χ4v) is 5.56. The molecule has 5 rings (SSSR count). The number of pyridine rings is 1. The Morgan fingerprint density at radius 3 is 2.88 bits per heavy atom. The molecule has 5 heterocycles. The van der Waals surface area contributed by atoms with Gasteiger partial charge in [0.2, 0.25) is 0 Å². The third-order valence-electron chi connectivity index (χ3n) is 6.15. The van der Waals surface area contributed by atoms with Crippen molar-refractivity contribution in [3.8, 4) is 0 Å². The second-order valence-electron chi connectivity index (χ2n) is 8.42. The van der Waals surface area contributed by atoms with Gasteiger partial charge >= 0.3 is 0 Å². The van der Waals surface area contributed by atoms with Crippen LogP contribution in [0.4, 0.5) is 5.82 Å². The number of morpholine rings is 1. The maximum Gasteiger partial charge on any atom is 0.267 e. The summed E-state index contributed by atoms with van der Waals surface area (Å²) >= 11 is 6.69. The Morgan fingerprint density at radius 1 is 1.24 bits per heavy atom. The summed E-state index contributed by atoms with van der Waals surface area (Å²) in [6.45, 7) is 5.82. The van der Waals surface area contributed by atoms with E-state index in [2.05, 4.69) is 15.2 Å². The minimum atomic E-state index is -0.233. The molecule has 3 aliphatic heterocycles. The minimum absolute atomic E-state index is 0.00669. The van der Waals surface area contributed by atoms with Crippen LogP contribution < -0.4 is 10.9 Å². The second kappa shape index (κ2) is 10.5. The molecule has 0 saturated carbocycles. The molecule has 3 aliphatic rings. The Kier molecular flexibility index (Phi) is 7.26.